The Morgan fingerprint density at radius 1 is 1.05 bits per heavy atom. The maximum Gasteiger partial charge on any atom is 0.327 e. The number of halogens is 1. The second kappa shape index (κ2) is 12.3. The van der Waals surface area contributed by atoms with E-state index in [0.29, 0.717) is 46.1 Å². The molecule has 0 N–H and O–H groups in total. The molecule has 1 aliphatic heterocycles. The minimum absolute atomic E-state index is 0.121. The summed E-state index contributed by atoms with van der Waals surface area (Å²) < 4.78 is 24.3. The number of hydrogen-bond donors (Lipinski definition) is 0. The Hall–Kier alpha value is -3.24. The number of carbonyl (C=O) groups excluding carboxylic acids is 2. The summed E-state index contributed by atoms with van der Waals surface area (Å²) in [5.74, 6) is 1.92. The Morgan fingerprint density at radius 3 is 2.49 bits per heavy atom. The van der Waals surface area contributed by atoms with Crippen LogP contribution in [0.4, 0.5) is 0 Å². The molecule has 1 aliphatic carbocycles. The monoisotopic (exact) mass is 599 g/mol. The first-order chi connectivity index (χ1) is 19.8. The van der Waals surface area contributed by atoms with Gasteiger partial charge in [-0.05, 0) is 55.4 Å². The van der Waals surface area contributed by atoms with Crippen LogP contribution in [0, 0.1) is 5.92 Å². The van der Waals surface area contributed by atoms with Crippen LogP contribution in [-0.2, 0) is 27.8 Å². The highest BCUT2D eigenvalue weighted by molar-refractivity contribution is 8.01. The normalized spacial score (nSPS) is 21.1. The number of ether oxygens (including phenoxy) is 4. The number of hydrogen-bond acceptors (Lipinski definition) is 9. The fraction of sp³-hybridized carbons (Fsp3) is 0.467. The highest BCUT2D eigenvalue weighted by Crippen LogP contribution is 2.46. The average molecular weight is 600 g/mol. The molecule has 2 unspecified atom stereocenters. The number of carbonyl (C=O) groups is 2. The van der Waals surface area contributed by atoms with Gasteiger partial charge in [0.1, 0.15) is 22.8 Å². The van der Waals surface area contributed by atoms with Gasteiger partial charge in [0.2, 0.25) is 0 Å². The van der Waals surface area contributed by atoms with Gasteiger partial charge in [-0.25, -0.2) is 0 Å². The third-order valence-corrected chi connectivity index (χ3v) is 9.69. The maximum absolute atomic E-state index is 13.7. The van der Waals surface area contributed by atoms with Crippen molar-refractivity contribution in [2.75, 3.05) is 21.3 Å². The van der Waals surface area contributed by atoms with Crippen LogP contribution in [0.5, 0.6) is 17.2 Å². The number of rotatable bonds is 10. The Kier molecular flexibility index (Phi) is 8.79. The summed E-state index contributed by atoms with van der Waals surface area (Å²) in [6.45, 7) is 0. The average Bonchev–Trinajstić information content (AvgIpc) is 3.65. The van der Waals surface area contributed by atoms with Crippen LogP contribution in [0.2, 0.25) is 5.02 Å². The maximum atomic E-state index is 13.7. The summed E-state index contributed by atoms with van der Waals surface area (Å²) in [7, 11) is 6.56. The van der Waals surface area contributed by atoms with E-state index < -0.39 is 16.8 Å². The molecule has 3 aromatic rings. The molecule has 0 spiro atoms. The molecule has 41 heavy (non-hydrogen) atoms. The second-order valence-electron chi connectivity index (χ2n) is 10.5. The molecule has 1 saturated heterocycles. The van der Waals surface area contributed by atoms with E-state index in [1.54, 1.807) is 32.0 Å². The van der Waals surface area contributed by atoms with Crippen molar-refractivity contribution in [3.05, 3.63) is 47.0 Å². The van der Waals surface area contributed by atoms with E-state index in [1.165, 1.54) is 0 Å². The molecule has 2 fully saturated rings. The number of thioether (sulfide) groups is 1. The van der Waals surface area contributed by atoms with Gasteiger partial charge in [-0.1, -0.05) is 48.3 Å². The molecule has 2 atom stereocenters. The lowest BCUT2D eigenvalue weighted by Crippen LogP contribution is -2.53. The van der Waals surface area contributed by atoms with Crippen LogP contribution in [0.3, 0.4) is 0 Å². The molecule has 218 valence electrons. The summed E-state index contributed by atoms with van der Waals surface area (Å²) in [5.41, 5.74) is 0.822. The quantitative estimate of drug-likeness (QED) is 0.214. The molecule has 2 aromatic carbocycles. The lowest BCUT2D eigenvalue weighted by atomic mass is 9.76. The summed E-state index contributed by atoms with van der Waals surface area (Å²) in [6.07, 6.45) is 5.15. The van der Waals surface area contributed by atoms with Crippen molar-refractivity contribution in [3.63, 3.8) is 0 Å². The van der Waals surface area contributed by atoms with E-state index in [2.05, 4.69) is 10.2 Å². The molecule has 0 amide bonds. The van der Waals surface area contributed by atoms with Gasteiger partial charge in [0.05, 0.1) is 26.4 Å². The second-order valence-corrected chi connectivity index (χ2v) is 12.0. The standard InChI is InChI=1S/C30H34ClN3O6S/c1-34-27(19-8-7-11-21(14-19)37-2)32-33-29(34)41-26-23(35)17-30(40-28(26)36,20-9-5-6-10-20)13-12-18-15-22(31)25(39-4)16-24(18)38-3/h7-8,11,14-16,20,26H,5-6,9-10,12-13,17H2,1-4H3. The first kappa shape index (κ1) is 29.3. The molecule has 0 bridgehead atoms. The molecule has 11 heteroatoms. The zero-order valence-electron chi connectivity index (χ0n) is 23.6. The Labute approximate surface area is 248 Å². The predicted octanol–water partition coefficient (Wildman–Crippen LogP) is 5.70. The Balaban J connectivity index is 1.36. The molecule has 9 nitrogen and oxygen atoms in total. The van der Waals surface area contributed by atoms with E-state index >= 15 is 0 Å². The smallest absolute Gasteiger partial charge is 0.327 e. The summed E-state index contributed by atoms with van der Waals surface area (Å²) in [5, 5.41) is 8.52. The summed E-state index contributed by atoms with van der Waals surface area (Å²) in [4.78, 5) is 27.2. The molecule has 1 saturated carbocycles. The van der Waals surface area contributed by atoms with Gasteiger partial charge in [0, 0.05) is 25.1 Å². The van der Waals surface area contributed by atoms with Gasteiger partial charge in [-0.2, -0.15) is 0 Å². The predicted molar refractivity (Wildman–Crippen MR) is 156 cm³/mol. The van der Waals surface area contributed by atoms with Gasteiger partial charge in [-0.3, -0.25) is 9.59 Å². The zero-order chi connectivity index (χ0) is 29.1. The van der Waals surface area contributed by atoms with Crippen molar-refractivity contribution in [3.8, 4) is 28.6 Å². The largest absolute Gasteiger partial charge is 0.497 e. The van der Waals surface area contributed by atoms with Crippen LogP contribution in [0.25, 0.3) is 11.4 Å². The Morgan fingerprint density at radius 2 is 1.80 bits per heavy atom. The van der Waals surface area contributed by atoms with Crippen LogP contribution in [0.15, 0.2) is 41.6 Å². The number of aryl methyl sites for hydroxylation is 1. The molecule has 2 aliphatic rings. The number of aromatic nitrogens is 3. The first-order valence-electron chi connectivity index (χ1n) is 13.6. The van der Waals surface area contributed by atoms with E-state index in [9.17, 15) is 9.59 Å². The summed E-state index contributed by atoms with van der Waals surface area (Å²) >= 11 is 7.50. The van der Waals surface area contributed by atoms with Crippen molar-refractivity contribution in [1.29, 1.82) is 0 Å². The van der Waals surface area contributed by atoms with Crippen molar-refractivity contribution in [2.24, 2.45) is 13.0 Å². The Bertz CT molecular complexity index is 1420. The minimum atomic E-state index is -1.00. The molecule has 1 aromatic heterocycles. The third-order valence-electron chi connectivity index (χ3n) is 8.14. The van der Waals surface area contributed by atoms with E-state index in [1.807, 2.05) is 37.4 Å². The van der Waals surface area contributed by atoms with Gasteiger partial charge < -0.3 is 23.5 Å². The minimum Gasteiger partial charge on any atom is -0.497 e. The molecule has 2 heterocycles. The van der Waals surface area contributed by atoms with Gasteiger partial charge in [-0.15, -0.1) is 10.2 Å². The van der Waals surface area contributed by atoms with Crippen molar-refractivity contribution < 1.29 is 28.5 Å². The number of cyclic esters (lactones) is 1. The highest BCUT2D eigenvalue weighted by Gasteiger charge is 2.52. The van der Waals surface area contributed by atoms with Gasteiger partial charge in [0.25, 0.3) is 0 Å². The summed E-state index contributed by atoms with van der Waals surface area (Å²) in [6, 6.07) is 11.1. The van der Waals surface area contributed by atoms with Gasteiger partial charge in [0.15, 0.2) is 22.0 Å². The van der Waals surface area contributed by atoms with Crippen LogP contribution >= 0.6 is 23.4 Å². The van der Waals surface area contributed by atoms with Crippen LogP contribution in [-0.4, -0.2) is 58.7 Å². The lowest BCUT2D eigenvalue weighted by Gasteiger charge is -2.42. The molecular weight excluding hydrogens is 566 g/mol. The van der Waals surface area contributed by atoms with Crippen molar-refractivity contribution in [2.45, 2.75) is 61.0 Å². The van der Waals surface area contributed by atoms with Crippen LogP contribution < -0.4 is 14.2 Å². The van der Waals surface area contributed by atoms with E-state index in [-0.39, 0.29) is 18.1 Å². The number of benzene rings is 2. The zero-order valence-corrected chi connectivity index (χ0v) is 25.2. The number of nitrogens with zero attached hydrogens (tertiary/aromatic N) is 3. The number of ketones is 1. The number of esters is 1. The highest BCUT2D eigenvalue weighted by atomic mass is 35.5. The molecule has 5 rings (SSSR count). The topological polar surface area (TPSA) is 102 Å². The number of methoxy groups -OCH3 is 3. The molecular formula is C30H34ClN3O6S. The SMILES string of the molecule is COc1cccc(-c2nnc(SC3C(=O)CC(CCc4cc(Cl)c(OC)cc4OC)(C4CCCC4)OC3=O)n2C)c1. The fourth-order valence-electron chi connectivity index (χ4n) is 5.95. The third kappa shape index (κ3) is 5.90. The van der Waals surface area contributed by atoms with Crippen molar-refractivity contribution in [1.82, 2.24) is 14.8 Å². The van der Waals surface area contributed by atoms with Crippen molar-refractivity contribution >= 4 is 35.1 Å². The van der Waals surface area contributed by atoms with Crippen LogP contribution in [0.1, 0.15) is 44.1 Å². The van der Waals surface area contributed by atoms with E-state index in [0.717, 1.165) is 48.6 Å². The first-order valence-corrected chi connectivity index (χ1v) is 14.9. The van der Waals surface area contributed by atoms with Gasteiger partial charge >= 0.3 is 5.97 Å². The fourth-order valence-corrected chi connectivity index (χ4v) is 7.11. The lowest BCUT2D eigenvalue weighted by molar-refractivity contribution is -0.177. The van der Waals surface area contributed by atoms with E-state index in [4.69, 9.17) is 30.5 Å². The number of Topliss-reactive ketones (excluding diaryl/α,β-unsaturated/α-hetero) is 1. The molecule has 0 radical (unpaired) electrons.